The second-order valence-electron chi connectivity index (χ2n) is 8.73. The first-order chi connectivity index (χ1) is 13.4. The lowest BCUT2D eigenvalue weighted by molar-refractivity contribution is 0.0474. The molecule has 0 unspecified atom stereocenters. The number of nitrogens with one attached hydrogen (secondary N) is 3. The molecule has 0 spiro atoms. The van der Waals surface area contributed by atoms with Crippen LogP contribution in [0.4, 0.5) is 4.79 Å². The third-order valence-electron chi connectivity index (χ3n) is 3.46. The molecule has 0 aliphatic heterocycles. The quantitative estimate of drug-likeness (QED) is 0.266. The SMILES string of the molecule is CCNC(=NCc1ccc(OC(C)C)nc1)NCC(C)(C)NC(=O)OC(C)(C)C.I. The van der Waals surface area contributed by atoms with E-state index in [1.54, 1.807) is 6.20 Å². The van der Waals surface area contributed by atoms with Crippen molar-refractivity contribution in [3.05, 3.63) is 23.9 Å². The zero-order valence-electron chi connectivity index (χ0n) is 19.5. The van der Waals surface area contributed by atoms with Gasteiger partial charge in [-0.05, 0) is 61.0 Å². The van der Waals surface area contributed by atoms with Crippen LogP contribution in [0.2, 0.25) is 0 Å². The molecule has 0 bridgehead atoms. The minimum absolute atomic E-state index is 0. The van der Waals surface area contributed by atoms with Crippen molar-refractivity contribution in [2.75, 3.05) is 13.1 Å². The number of carbonyl (C=O) groups is 1. The van der Waals surface area contributed by atoms with Gasteiger partial charge in [0.15, 0.2) is 5.96 Å². The van der Waals surface area contributed by atoms with Gasteiger partial charge in [0.25, 0.3) is 0 Å². The summed E-state index contributed by atoms with van der Waals surface area (Å²) in [5, 5.41) is 9.34. The molecular formula is C21H38IN5O3. The number of aliphatic imine (C=N–C) groups is 1. The van der Waals surface area contributed by atoms with Crippen molar-refractivity contribution in [2.24, 2.45) is 4.99 Å². The molecule has 1 heterocycles. The monoisotopic (exact) mass is 535 g/mol. The molecule has 1 aromatic heterocycles. The van der Waals surface area contributed by atoms with E-state index in [9.17, 15) is 4.79 Å². The Balaban J connectivity index is 0.00000841. The first-order valence-corrected chi connectivity index (χ1v) is 10.0. The van der Waals surface area contributed by atoms with Crippen LogP contribution in [0.1, 0.15) is 61.0 Å². The van der Waals surface area contributed by atoms with Gasteiger partial charge in [0.1, 0.15) is 5.60 Å². The van der Waals surface area contributed by atoms with E-state index in [1.165, 1.54) is 0 Å². The van der Waals surface area contributed by atoms with Gasteiger partial charge in [0.05, 0.1) is 18.2 Å². The number of pyridine rings is 1. The summed E-state index contributed by atoms with van der Waals surface area (Å²) in [7, 11) is 0. The smallest absolute Gasteiger partial charge is 0.408 e. The number of alkyl carbamates (subject to hydrolysis) is 1. The molecule has 0 saturated heterocycles. The van der Waals surface area contributed by atoms with E-state index in [0.29, 0.717) is 24.9 Å². The van der Waals surface area contributed by atoms with Crippen molar-refractivity contribution in [3.63, 3.8) is 0 Å². The Kier molecular flexibility index (Phi) is 12.1. The predicted molar refractivity (Wildman–Crippen MR) is 132 cm³/mol. The molecule has 1 rings (SSSR count). The highest BCUT2D eigenvalue weighted by Gasteiger charge is 2.24. The number of hydrogen-bond acceptors (Lipinski definition) is 5. The minimum atomic E-state index is -0.534. The zero-order chi connectivity index (χ0) is 22.1. The molecule has 0 saturated carbocycles. The summed E-state index contributed by atoms with van der Waals surface area (Å²) in [6.45, 7) is 17.0. The summed E-state index contributed by atoms with van der Waals surface area (Å²) in [4.78, 5) is 20.9. The van der Waals surface area contributed by atoms with Gasteiger partial charge in [-0.1, -0.05) is 6.07 Å². The van der Waals surface area contributed by atoms with Crippen LogP contribution in [0.5, 0.6) is 5.88 Å². The highest BCUT2D eigenvalue weighted by atomic mass is 127. The van der Waals surface area contributed by atoms with Gasteiger partial charge in [0, 0.05) is 25.4 Å². The zero-order valence-corrected chi connectivity index (χ0v) is 21.8. The third kappa shape index (κ3) is 12.7. The Morgan fingerprint density at radius 2 is 1.83 bits per heavy atom. The van der Waals surface area contributed by atoms with Gasteiger partial charge < -0.3 is 25.4 Å². The Labute approximate surface area is 198 Å². The summed E-state index contributed by atoms with van der Waals surface area (Å²) in [5.41, 5.74) is -0.0756. The van der Waals surface area contributed by atoms with Crippen molar-refractivity contribution in [2.45, 2.75) is 79.2 Å². The molecule has 0 fully saturated rings. The van der Waals surface area contributed by atoms with Crippen molar-refractivity contribution >= 4 is 36.0 Å². The highest BCUT2D eigenvalue weighted by molar-refractivity contribution is 14.0. The normalized spacial score (nSPS) is 12.1. The highest BCUT2D eigenvalue weighted by Crippen LogP contribution is 2.11. The lowest BCUT2D eigenvalue weighted by atomic mass is 10.1. The fraction of sp³-hybridized carbons (Fsp3) is 0.667. The number of nitrogens with zero attached hydrogens (tertiary/aromatic N) is 2. The van der Waals surface area contributed by atoms with E-state index in [4.69, 9.17) is 9.47 Å². The molecule has 0 aliphatic rings. The van der Waals surface area contributed by atoms with E-state index in [2.05, 4.69) is 25.9 Å². The Morgan fingerprint density at radius 3 is 2.33 bits per heavy atom. The van der Waals surface area contributed by atoms with E-state index in [-0.39, 0.29) is 30.1 Å². The fourth-order valence-electron chi connectivity index (χ4n) is 2.26. The Morgan fingerprint density at radius 1 is 1.17 bits per heavy atom. The van der Waals surface area contributed by atoms with Gasteiger partial charge in [-0.3, -0.25) is 0 Å². The molecule has 9 heteroatoms. The number of ether oxygens (including phenoxy) is 2. The Bertz CT molecular complexity index is 670. The molecule has 172 valence electrons. The minimum Gasteiger partial charge on any atom is -0.475 e. The van der Waals surface area contributed by atoms with Crippen LogP contribution >= 0.6 is 24.0 Å². The van der Waals surface area contributed by atoms with Gasteiger partial charge >= 0.3 is 6.09 Å². The van der Waals surface area contributed by atoms with Crippen molar-refractivity contribution in [3.8, 4) is 5.88 Å². The molecule has 0 aliphatic carbocycles. The molecule has 0 atom stereocenters. The second-order valence-corrected chi connectivity index (χ2v) is 8.73. The molecule has 30 heavy (non-hydrogen) atoms. The van der Waals surface area contributed by atoms with E-state index in [0.717, 1.165) is 12.1 Å². The summed E-state index contributed by atoms with van der Waals surface area (Å²) >= 11 is 0. The molecular weight excluding hydrogens is 497 g/mol. The van der Waals surface area contributed by atoms with Gasteiger partial charge in [0.2, 0.25) is 5.88 Å². The number of rotatable bonds is 8. The van der Waals surface area contributed by atoms with Crippen molar-refractivity contribution in [1.29, 1.82) is 0 Å². The van der Waals surface area contributed by atoms with Crippen molar-refractivity contribution < 1.29 is 14.3 Å². The number of hydrogen-bond donors (Lipinski definition) is 3. The number of amides is 1. The summed E-state index contributed by atoms with van der Waals surface area (Å²) in [5.74, 6) is 1.27. The van der Waals surface area contributed by atoms with E-state index in [1.807, 2.05) is 67.5 Å². The maximum absolute atomic E-state index is 12.0. The number of carbonyl (C=O) groups excluding carboxylic acids is 1. The molecule has 3 N–H and O–H groups in total. The van der Waals surface area contributed by atoms with Crippen LogP contribution in [-0.2, 0) is 11.3 Å². The lowest BCUT2D eigenvalue weighted by Crippen LogP contribution is -2.54. The first kappa shape index (κ1) is 28.2. The van der Waals surface area contributed by atoms with Gasteiger partial charge in [-0.25, -0.2) is 14.8 Å². The topological polar surface area (TPSA) is 96.9 Å². The number of aromatic nitrogens is 1. The van der Waals surface area contributed by atoms with Crippen LogP contribution in [0.15, 0.2) is 23.3 Å². The maximum atomic E-state index is 12.0. The fourth-order valence-corrected chi connectivity index (χ4v) is 2.26. The predicted octanol–water partition coefficient (Wildman–Crippen LogP) is 3.85. The van der Waals surface area contributed by atoms with Crippen LogP contribution in [0.25, 0.3) is 0 Å². The van der Waals surface area contributed by atoms with E-state index >= 15 is 0 Å². The molecule has 1 amide bonds. The lowest BCUT2D eigenvalue weighted by Gasteiger charge is -2.29. The van der Waals surface area contributed by atoms with Crippen LogP contribution in [0, 0.1) is 0 Å². The first-order valence-electron chi connectivity index (χ1n) is 10.0. The molecule has 8 nitrogen and oxygen atoms in total. The standard InChI is InChI=1S/C21H37N5O3.HI/c1-9-22-18(24-13-16-10-11-17(23-12-16)28-15(2)3)25-14-21(7,8)26-19(27)29-20(4,5)6;/h10-12,15H,9,13-14H2,1-8H3,(H,26,27)(H2,22,24,25);1H. The van der Waals surface area contributed by atoms with Crippen LogP contribution in [-0.4, -0.2) is 47.4 Å². The molecule has 0 radical (unpaired) electrons. The largest absolute Gasteiger partial charge is 0.475 e. The summed E-state index contributed by atoms with van der Waals surface area (Å²) < 4.78 is 10.9. The van der Waals surface area contributed by atoms with Gasteiger partial charge in [-0.2, -0.15) is 0 Å². The van der Waals surface area contributed by atoms with Gasteiger partial charge in [-0.15, -0.1) is 24.0 Å². The third-order valence-corrected chi connectivity index (χ3v) is 3.46. The number of guanidine groups is 1. The summed E-state index contributed by atoms with van der Waals surface area (Å²) in [6, 6.07) is 3.80. The molecule has 1 aromatic rings. The van der Waals surface area contributed by atoms with Crippen LogP contribution < -0.4 is 20.7 Å². The number of halogens is 1. The maximum Gasteiger partial charge on any atom is 0.408 e. The molecule has 0 aromatic carbocycles. The van der Waals surface area contributed by atoms with Crippen LogP contribution in [0.3, 0.4) is 0 Å². The van der Waals surface area contributed by atoms with E-state index < -0.39 is 17.2 Å². The average molecular weight is 535 g/mol. The summed E-state index contributed by atoms with van der Waals surface area (Å²) in [6.07, 6.45) is 1.41. The second kappa shape index (κ2) is 12.8. The Hall–Kier alpha value is -1.78. The average Bonchev–Trinajstić information content (AvgIpc) is 2.56. The van der Waals surface area contributed by atoms with Crippen molar-refractivity contribution in [1.82, 2.24) is 20.9 Å².